The number of nitrogens with zero attached hydrogens (tertiary/aromatic N) is 1. The lowest BCUT2D eigenvalue weighted by atomic mass is 10.1. The van der Waals surface area contributed by atoms with Gasteiger partial charge < -0.3 is 10.6 Å². The van der Waals surface area contributed by atoms with Crippen LogP contribution in [0.1, 0.15) is 33.6 Å². The normalized spacial score (nSPS) is 19.3. The number of hydrogen-bond donors (Lipinski definition) is 2. The van der Waals surface area contributed by atoms with Gasteiger partial charge in [0.1, 0.15) is 0 Å². The Morgan fingerprint density at radius 1 is 1.24 bits per heavy atom. The van der Waals surface area contributed by atoms with Gasteiger partial charge >= 0.3 is 0 Å². The number of benzene rings is 1. The molecule has 0 bridgehead atoms. The SMILES string of the molecule is NC(=O)c1cccc(C(=O)N2CCCC(S(N)(=O)=O)C2)c1. The van der Waals surface area contributed by atoms with E-state index >= 15 is 0 Å². The average Bonchev–Trinajstić information content (AvgIpc) is 2.46. The van der Waals surface area contributed by atoms with Crippen LogP contribution in [0.3, 0.4) is 0 Å². The van der Waals surface area contributed by atoms with Crippen LogP contribution in [0.2, 0.25) is 0 Å². The van der Waals surface area contributed by atoms with Crippen molar-refractivity contribution in [2.24, 2.45) is 10.9 Å². The van der Waals surface area contributed by atoms with Gasteiger partial charge in [-0.05, 0) is 31.0 Å². The molecule has 8 heteroatoms. The zero-order valence-electron chi connectivity index (χ0n) is 11.4. The van der Waals surface area contributed by atoms with E-state index in [1.807, 2.05) is 0 Å². The van der Waals surface area contributed by atoms with Crippen LogP contribution < -0.4 is 10.9 Å². The van der Waals surface area contributed by atoms with Crippen molar-refractivity contribution in [2.45, 2.75) is 18.1 Å². The zero-order valence-corrected chi connectivity index (χ0v) is 12.2. The quantitative estimate of drug-likeness (QED) is 0.793. The monoisotopic (exact) mass is 311 g/mol. The molecule has 0 saturated carbocycles. The summed E-state index contributed by atoms with van der Waals surface area (Å²) < 4.78 is 22.8. The maximum absolute atomic E-state index is 12.4. The highest BCUT2D eigenvalue weighted by molar-refractivity contribution is 7.89. The number of hydrogen-bond acceptors (Lipinski definition) is 4. The Labute approximate surface area is 123 Å². The summed E-state index contributed by atoms with van der Waals surface area (Å²) in [5.41, 5.74) is 5.72. The van der Waals surface area contributed by atoms with Gasteiger partial charge in [0.2, 0.25) is 15.9 Å². The summed E-state index contributed by atoms with van der Waals surface area (Å²) in [6.45, 7) is 0.532. The molecule has 1 fully saturated rings. The summed E-state index contributed by atoms with van der Waals surface area (Å²) in [7, 11) is -3.66. The molecule has 0 radical (unpaired) electrons. The Morgan fingerprint density at radius 3 is 2.52 bits per heavy atom. The second kappa shape index (κ2) is 5.82. The van der Waals surface area contributed by atoms with Crippen LogP contribution in [0.5, 0.6) is 0 Å². The minimum atomic E-state index is -3.66. The number of primary sulfonamides is 1. The molecule has 21 heavy (non-hydrogen) atoms. The van der Waals surface area contributed by atoms with Crippen LogP contribution in [-0.4, -0.2) is 43.5 Å². The Balaban J connectivity index is 2.20. The van der Waals surface area contributed by atoms with Crippen LogP contribution in [-0.2, 0) is 10.0 Å². The average molecular weight is 311 g/mol. The third-order valence-corrected chi connectivity index (χ3v) is 4.84. The lowest BCUT2D eigenvalue weighted by molar-refractivity contribution is 0.0727. The van der Waals surface area contributed by atoms with Crippen molar-refractivity contribution >= 4 is 21.8 Å². The maximum atomic E-state index is 12.4. The smallest absolute Gasteiger partial charge is 0.253 e. The van der Waals surface area contributed by atoms with Gasteiger partial charge in [0, 0.05) is 24.2 Å². The summed E-state index contributed by atoms with van der Waals surface area (Å²) in [5, 5.41) is 4.41. The fourth-order valence-corrected chi connectivity index (χ4v) is 3.26. The van der Waals surface area contributed by atoms with Gasteiger partial charge in [-0.25, -0.2) is 13.6 Å². The minimum Gasteiger partial charge on any atom is -0.366 e. The van der Waals surface area contributed by atoms with Crippen molar-refractivity contribution in [3.63, 3.8) is 0 Å². The predicted octanol–water partition coefficient (Wildman–Crippen LogP) is -0.321. The Hall–Kier alpha value is -1.93. The molecular weight excluding hydrogens is 294 g/mol. The molecule has 1 atom stereocenters. The van der Waals surface area contributed by atoms with E-state index in [1.54, 1.807) is 12.1 Å². The number of sulfonamides is 1. The Kier molecular flexibility index (Phi) is 4.29. The van der Waals surface area contributed by atoms with Crippen molar-refractivity contribution in [1.82, 2.24) is 4.90 Å². The first-order valence-electron chi connectivity index (χ1n) is 6.50. The standard InChI is InChI=1S/C13H17N3O4S/c14-12(17)9-3-1-4-10(7-9)13(18)16-6-2-5-11(8-16)21(15,19)20/h1,3-4,7,11H,2,5-6,8H2,(H2,14,17)(H2,15,19,20). The molecule has 2 rings (SSSR count). The first-order chi connectivity index (χ1) is 9.79. The van der Waals surface area contributed by atoms with Crippen LogP contribution in [0, 0.1) is 0 Å². The van der Waals surface area contributed by atoms with Crippen molar-refractivity contribution in [3.8, 4) is 0 Å². The molecule has 1 aromatic rings. The van der Waals surface area contributed by atoms with E-state index in [2.05, 4.69) is 0 Å². The molecule has 1 heterocycles. The third-order valence-electron chi connectivity index (χ3n) is 3.52. The van der Waals surface area contributed by atoms with E-state index in [-0.39, 0.29) is 18.0 Å². The largest absolute Gasteiger partial charge is 0.366 e. The predicted molar refractivity (Wildman–Crippen MR) is 77.0 cm³/mol. The van der Waals surface area contributed by atoms with E-state index < -0.39 is 21.2 Å². The van der Waals surface area contributed by atoms with Gasteiger partial charge in [0.15, 0.2) is 0 Å². The highest BCUT2D eigenvalue weighted by Crippen LogP contribution is 2.18. The Bertz CT molecular complexity index is 672. The highest BCUT2D eigenvalue weighted by Gasteiger charge is 2.30. The molecule has 0 spiro atoms. The highest BCUT2D eigenvalue weighted by atomic mass is 32.2. The maximum Gasteiger partial charge on any atom is 0.253 e. The fraction of sp³-hybridized carbons (Fsp3) is 0.385. The number of nitrogens with two attached hydrogens (primary N) is 2. The van der Waals surface area contributed by atoms with E-state index in [4.69, 9.17) is 10.9 Å². The van der Waals surface area contributed by atoms with E-state index in [1.165, 1.54) is 17.0 Å². The van der Waals surface area contributed by atoms with Crippen LogP contribution >= 0.6 is 0 Å². The van der Waals surface area contributed by atoms with Gasteiger partial charge in [-0.15, -0.1) is 0 Å². The van der Waals surface area contributed by atoms with Crippen LogP contribution in [0.4, 0.5) is 0 Å². The number of rotatable bonds is 3. The van der Waals surface area contributed by atoms with Gasteiger partial charge in [-0.3, -0.25) is 9.59 Å². The lowest BCUT2D eigenvalue weighted by Crippen LogP contribution is -2.47. The van der Waals surface area contributed by atoms with Crippen molar-refractivity contribution < 1.29 is 18.0 Å². The van der Waals surface area contributed by atoms with Crippen molar-refractivity contribution in [2.75, 3.05) is 13.1 Å². The molecule has 2 amide bonds. The molecule has 1 aromatic carbocycles. The second-order valence-electron chi connectivity index (χ2n) is 5.05. The summed E-state index contributed by atoms with van der Waals surface area (Å²) in [6, 6.07) is 6.05. The summed E-state index contributed by atoms with van der Waals surface area (Å²) in [5.74, 6) is -0.947. The number of carbonyl (C=O) groups is 2. The van der Waals surface area contributed by atoms with Crippen molar-refractivity contribution in [3.05, 3.63) is 35.4 Å². The number of carbonyl (C=O) groups excluding carboxylic acids is 2. The third kappa shape index (κ3) is 3.59. The van der Waals surface area contributed by atoms with E-state index in [0.29, 0.717) is 24.9 Å². The number of likely N-dealkylation sites (tertiary alicyclic amines) is 1. The first kappa shape index (κ1) is 15.5. The summed E-state index contributed by atoms with van der Waals surface area (Å²) in [6.07, 6.45) is 1.02. The molecule has 114 valence electrons. The number of piperidine rings is 1. The van der Waals surface area contributed by atoms with Gasteiger partial charge in [-0.2, -0.15) is 0 Å². The first-order valence-corrected chi connectivity index (χ1v) is 8.11. The molecule has 1 aliphatic rings. The topological polar surface area (TPSA) is 124 Å². The number of amides is 2. The van der Waals surface area contributed by atoms with Crippen LogP contribution in [0.25, 0.3) is 0 Å². The molecule has 0 aliphatic carbocycles. The summed E-state index contributed by atoms with van der Waals surface area (Å²) >= 11 is 0. The molecule has 4 N–H and O–H groups in total. The molecule has 7 nitrogen and oxygen atoms in total. The van der Waals surface area contributed by atoms with Crippen LogP contribution in [0.15, 0.2) is 24.3 Å². The van der Waals surface area contributed by atoms with E-state index in [0.717, 1.165) is 0 Å². The fourth-order valence-electron chi connectivity index (χ4n) is 2.38. The van der Waals surface area contributed by atoms with E-state index in [9.17, 15) is 18.0 Å². The lowest BCUT2D eigenvalue weighted by Gasteiger charge is -2.31. The molecule has 1 unspecified atom stereocenters. The zero-order chi connectivity index (χ0) is 15.6. The second-order valence-corrected chi connectivity index (χ2v) is 6.89. The Morgan fingerprint density at radius 2 is 1.90 bits per heavy atom. The molecule has 0 aromatic heterocycles. The van der Waals surface area contributed by atoms with Crippen molar-refractivity contribution in [1.29, 1.82) is 0 Å². The minimum absolute atomic E-state index is 0.0679. The summed E-state index contributed by atoms with van der Waals surface area (Å²) in [4.78, 5) is 25.0. The van der Waals surface area contributed by atoms with Gasteiger partial charge in [0.25, 0.3) is 5.91 Å². The van der Waals surface area contributed by atoms with Gasteiger partial charge in [-0.1, -0.05) is 6.07 Å². The molecule has 1 aliphatic heterocycles. The molecule has 1 saturated heterocycles. The number of primary amides is 1. The molecular formula is C13H17N3O4S. The van der Waals surface area contributed by atoms with Gasteiger partial charge in [0.05, 0.1) is 5.25 Å².